The fraction of sp³-hybridized carbons (Fsp3) is 0.800. The number of hydrogen-bond donors (Lipinski definition) is 1. The molecule has 8 heteroatoms. The van der Waals surface area contributed by atoms with Gasteiger partial charge in [0.15, 0.2) is 0 Å². The molecule has 8 nitrogen and oxygen atoms in total. The highest BCUT2D eigenvalue weighted by Gasteiger charge is 2.41. The summed E-state index contributed by atoms with van der Waals surface area (Å²) in [6, 6.07) is -0.808. The van der Waals surface area contributed by atoms with E-state index >= 15 is 0 Å². The van der Waals surface area contributed by atoms with Crippen LogP contribution in [0, 0.1) is 5.92 Å². The maximum Gasteiger partial charge on any atom is 0.308 e. The summed E-state index contributed by atoms with van der Waals surface area (Å²) in [7, 11) is 1.25. The Kier molecular flexibility index (Phi) is 4.94. The number of aliphatic hydroxyl groups is 1. The highest BCUT2D eigenvalue weighted by atomic mass is 16.6. The molecular formula is C10H15N3O5. The summed E-state index contributed by atoms with van der Waals surface area (Å²) in [6.07, 6.45) is -1.64. The van der Waals surface area contributed by atoms with E-state index in [4.69, 9.17) is 10.3 Å². The fourth-order valence-corrected chi connectivity index (χ4v) is 2.07. The Labute approximate surface area is 103 Å². The average Bonchev–Trinajstić information content (AvgIpc) is 2.32. The number of rotatable bonds is 3. The molecule has 0 amide bonds. The van der Waals surface area contributed by atoms with Crippen molar-refractivity contribution in [3.8, 4) is 0 Å². The van der Waals surface area contributed by atoms with Crippen LogP contribution in [0.4, 0.5) is 0 Å². The number of azide groups is 1. The lowest BCUT2D eigenvalue weighted by atomic mass is 9.82. The minimum atomic E-state index is -1.11. The molecule has 0 radical (unpaired) electrons. The topological polar surface area (TPSA) is 122 Å². The smallest absolute Gasteiger partial charge is 0.308 e. The van der Waals surface area contributed by atoms with E-state index in [0.717, 1.165) is 0 Å². The minimum absolute atomic E-state index is 0.158. The van der Waals surface area contributed by atoms with E-state index in [1.54, 1.807) is 0 Å². The standard InChI is InChI=1S/C10H15N3O5/c1-5(14)18-8-4-6(10(16)17-2)3-7(9(8)15)12-13-11/h6-9,15H,3-4H2,1-2H3/t6?,7?,8-,9?/m1/s1. The fourth-order valence-electron chi connectivity index (χ4n) is 2.07. The number of esters is 2. The van der Waals surface area contributed by atoms with Crippen LogP contribution in [0.5, 0.6) is 0 Å². The first kappa shape index (κ1) is 14.3. The van der Waals surface area contributed by atoms with Crippen molar-refractivity contribution in [1.29, 1.82) is 0 Å². The van der Waals surface area contributed by atoms with Crippen LogP contribution in [0.15, 0.2) is 5.11 Å². The molecule has 3 unspecified atom stereocenters. The summed E-state index contributed by atoms with van der Waals surface area (Å²) in [6.45, 7) is 1.21. The van der Waals surface area contributed by atoms with Crippen molar-refractivity contribution < 1.29 is 24.2 Å². The van der Waals surface area contributed by atoms with Crippen molar-refractivity contribution in [2.75, 3.05) is 7.11 Å². The molecule has 1 saturated carbocycles. The van der Waals surface area contributed by atoms with Crippen LogP contribution in [0.3, 0.4) is 0 Å². The molecule has 0 bridgehead atoms. The van der Waals surface area contributed by atoms with E-state index in [-0.39, 0.29) is 12.8 Å². The second kappa shape index (κ2) is 6.23. The third-order valence-corrected chi connectivity index (χ3v) is 2.87. The van der Waals surface area contributed by atoms with Crippen LogP contribution in [0.25, 0.3) is 10.4 Å². The molecule has 0 aromatic rings. The second-order valence-electron chi connectivity index (χ2n) is 4.10. The third-order valence-electron chi connectivity index (χ3n) is 2.87. The quantitative estimate of drug-likeness (QED) is 0.342. The van der Waals surface area contributed by atoms with Crippen molar-refractivity contribution >= 4 is 11.9 Å². The van der Waals surface area contributed by atoms with Crippen LogP contribution >= 0.6 is 0 Å². The zero-order valence-corrected chi connectivity index (χ0v) is 10.1. The number of nitrogens with zero attached hydrogens (tertiary/aromatic N) is 3. The molecule has 18 heavy (non-hydrogen) atoms. The van der Waals surface area contributed by atoms with Crippen molar-refractivity contribution in [3.05, 3.63) is 10.4 Å². The Morgan fingerprint density at radius 1 is 1.44 bits per heavy atom. The van der Waals surface area contributed by atoms with Gasteiger partial charge >= 0.3 is 11.9 Å². The summed E-state index contributed by atoms with van der Waals surface area (Å²) >= 11 is 0. The third kappa shape index (κ3) is 3.35. The lowest BCUT2D eigenvalue weighted by molar-refractivity contribution is -0.164. The van der Waals surface area contributed by atoms with E-state index in [1.807, 2.05) is 0 Å². The molecule has 0 aromatic carbocycles. The van der Waals surface area contributed by atoms with Gasteiger partial charge in [0.05, 0.1) is 25.2 Å². The maximum atomic E-state index is 11.5. The van der Waals surface area contributed by atoms with E-state index in [2.05, 4.69) is 14.8 Å². The molecule has 1 aliphatic carbocycles. The molecule has 0 spiro atoms. The summed E-state index contributed by atoms with van der Waals surface area (Å²) in [5.74, 6) is -1.60. The molecule has 4 atom stereocenters. The van der Waals surface area contributed by atoms with Crippen molar-refractivity contribution in [1.82, 2.24) is 0 Å². The van der Waals surface area contributed by atoms with Crippen LogP contribution in [-0.4, -0.2) is 42.4 Å². The Bertz CT molecular complexity index is 380. The van der Waals surface area contributed by atoms with Gasteiger partial charge in [-0.25, -0.2) is 0 Å². The van der Waals surface area contributed by atoms with E-state index in [1.165, 1.54) is 14.0 Å². The number of carbonyl (C=O) groups excluding carboxylic acids is 2. The molecule has 100 valence electrons. The van der Waals surface area contributed by atoms with Gasteiger partial charge in [-0.05, 0) is 12.0 Å². The Hall–Kier alpha value is -1.79. The molecule has 1 fully saturated rings. The number of hydrogen-bond acceptors (Lipinski definition) is 6. The highest BCUT2D eigenvalue weighted by Crippen LogP contribution is 2.30. The Balaban J connectivity index is 2.86. The van der Waals surface area contributed by atoms with Crippen molar-refractivity contribution in [2.24, 2.45) is 11.0 Å². The number of ether oxygens (including phenoxy) is 2. The molecule has 0 heterocycles. The lowest BCUT2D eigenvalue weighted by Gasteiger charge is -2.35. The van der Waals surface area contributed by atoms with Crippen LogP contribution in [-0.2, 0) is 19.1 Å². The van der Waals surface area contributed by atoms with Crippen molar-refractivity contribution in [3.63, 3.8) is 0 Å². The first-order valence-electron chi connectivity index (χ1n) is 5.47. The summed E-state index contributed by atoms with van der Waals surface area (Å²) in [4.78, 5) is 25.0. The summed E-state index contributed by atoms with van der Waals surface area (Å²) < 4.78 is 9.53. The predicted octanol–water partition coefficient (Wildman–Crippen LogP) is 0.541. The summed E-state index contributed by atoms with van der Waals surface area (Å²) in [5, 5.41) is 13.3. The molecule has 0 aliphatic heterocycles. The number of aliphatic hydroxyl groups excluding tert-OH is 1. The largest absolute Gasteiger partial charge is 0.469 e. The SMILES string of the molecule is COC(=O)C1CC(N=[N+]=[N-])C(O)[C@H](OC(C)=O)C1. The van der Waals surface area contributed by atoms with Gasteiger partial charge in [0.2, 0.25) is 0 Å². The van der Waals surface area contributed by atoms with E-state index < -0.39 is 36.1 Å². The number of carbonyl (C=O) groups is 2. The van der Waals surface area contributed by atoms with Gasteiger partial charge in [-0.1, -0.05) is 5.11 Å². The van der Waals surface area contributed by atoms with Crippen LogP contribution < -0.4 is 0 Å². The molecule has 1 aliphatic rings. The minimum Gasteiger partial charge on any atom is -0.469 e. The average molecular weight is 257 g/mol. The van der Waals surface area contributed by atoms with Gasteiger partial charge in [0.25, 0.3) is 0 Å². The zero-order valence-electron chi connectivity index (χ0n) is 10.1. The lowest BCUT2D eigenvalue weighted by Crippen LogP contribution is -2.47. The number of methoxy groups -OCH3 is 1. The van der Waals surface area contributed by atoms with Crippen LogP contribution in [0.1, 0.15) is 19.8 Å². The zero-order chi connectivity index (χ0) is 13.7. The monoisotopic (exact) mass is 257 g/mol. The molecule has 1 rings (SSSR count). The Morgan fingerprint density at radius 3 is 2.61 bits per heavy atom. The van der Waals surface area contributed by atoms with E-state index in [9.17, 15) is 14.7 Å². The first-order valence-corrected chi connectivity index (χ1v) is 5.47. The Morgan fingerprint density at radius 2 is 2.11 bits per heavy atom. The maximum absolute atomic E-state index is 11.5. The second-order valence-corrected chi connectivity index (χ2v) is 4.10. The molecular weight excluding hydrogens is 242 g/mol. The normalized spacial score (nSPS) is 31.1. The highest BCUT2D eigenvalue weighted by molar-refractivity contribution is 5.73. The summed E-state index contributed by atoms with van der Waals surface area (Å²) in [5.41, 5.74) is 8.41. The van der Waals surface area contributed by atoms with Gasteiger partial charge in [-0.15, -0.1) is 0 Å². The van der Waals surface area contributed by atoms with Gasteiger partial charge in [-0.2, -0.15) is 0 Å². The first-order chi connectivity index (χ1) is 8.49. The van der Waals surface area contributed by atoms with Crippen molar-refractivity contribution in [2.45, 2.75) is 38.0 Å². The molecule has 1 N–H and O–H groups in total. The molecule has 0 saturated heterocycles. The molecule has 0 aromatic heterocycles. The van der Waals surface area contributed by atoms with E-state index in [0.29, 0.717) is 0 Å². The van der Waals surface area contributed by atoms with Gasteiger partial charge in [0.1, 0.15) is 6.10 Å². The van der Waals surface area contributed by atoms with Gasteiger partial charge < -0.3 is 14.6 Å². The van der Waals surface area contributed by atoms with Crippen LogP contribution in [0.2, 0.25) is 0 Å². The predicted molar refractivity (Wildman–Crippen MR) is 59.2 cm³/mol. The van der Waals surface area contributed by atoms with Gasteiger partial charge in [-0.3, -0.25) is 9.59 Å². The van der Waals surface area contributed by atoms with Gasteiger partial charge in [0, 0.05) is 18.3 Å².